The maximum Gasteiger partial charge on any atom is -0.00139 e. The van der Waals surface area contributed by atoms with Gasteiger partial charge in [0, 0.05) is 0 Å². The third kappa shape index (κ3) is 2.24. The van der Waals surface area contributed by atoms with Crippen LogP contribution >= 0.6 is 0 Å². The van der Waals surface area contributed by atoms with Gasteiger partial charge in [0.2, 0.25) is 0 Å². The highest BCUT2D eigenvalue weighted by atomic mass is 14.3. The highest BCUT2D eigenvalue weighted by molar-refractivity contribution is 5.40. The zero-order chi connectivity index (χ0) is 13.4. The molecule has 0 bridgehead atoms. The third-order valence-corrected chi connectivity index (χ3v) is 5.85. The van der Waals surface area contributed by atoms with Crippen LogP contribution in [0.3, 0.4) is 0 Å². The Hall–Kier alpha value is -1.04. The summed E-state index contributed by atoms with van der Waals surface area (Å²) in [7, 11) is 0. The Balaban J connectivity index is 1.40. The van der Waals surface area contributed by atoms with E-state index in [1.54, 1.807) is 22.3 Å². The third-order valence-electron chi connectivity index (χ3n) is 5.85. The van der Waals surface area contributed by atoms with Gasteiger partial charge in [0.05, 0.1) is 0 Å². The molecule has 0 fully saturated rings. The van der Waals surface area contributed by atoms with Crippen molar-refractivity contribution in [2.45, 2.75) is 64.2 Å². The van der Waals surface area contributed by atoms with E-state index in [1.807, 2.05) is 0 Å². The van der Waals surface area contributed by atoms with Gasteiger partial charge in [0.25, 0.3) is 0 Å². The molecule has 4 aliphatic rings. The molecule has 0 aromatic carbocycles. The predicted octanol–water partition coefficient (Wildman–Crippen LogP) is 5.88. The van der Waals surface area contributed by atoms with Crippen LogP contribution in [0.5, 0.6) is 0 Å². The number of rotatable bonds is 3. The van der Waals surface area contributed by atoms with Crippen molar-refractivity contribution in [3.63, 3.8) is 0 Å². The van der Waals surface area contributed by atoms with Gasteiger partial charge in [-0.3, -0.25) is 0 Å². The quantitative estimate of drug-likeness (QED) is 0.598. The maximum absolute atomic E-state index is 2.50. The van der Waals surface area contributed by atoms with Crippen LogP contribution in [-0.4, -0.2) is 0 Å². The van der Waals surface area contributed by atoms with Crippen molar-refractivity contribution in [3.8, 4) is 0 Å². The largest absolute Gasteiger partial charge is 0.0771 e. The Labute approximate surface area is 123 Å². The topological polar surface area (TPSA) is 0 Å². The first-order chi connectivity index (χ1) is 9.92. The van der Waals surface area contributed by atoms with Crippen molar-refractivity contribution >= 4 is 0 Å². The summed E-state index contributed by atoms with van der Waals surface area (Å²) in [5.74, 6) is 1.57. The average Bonchev–Trinajstić information content (AvgIpc) is 3.09. The molecular formula is C20H26. The van der Waals surface area contributed by atoms with E-state index in [1.165, 1.54) is 64.2 Å². The lowest BCUT2D eigenvalue weighted by atomic mass is 9.82. The van der Waals surface area contributed by atoms with Gasteiger partial charge in [-0.25, -0.2) is 0 Å². The van der Waals surface area contributed by atoms with Crippen molar-refractivity contribution in [1.29, 1.82) is 0 Å². The summed E-state index contributed by atoms with van der Waals surface area (Å²) in [5.41, 5.74) is 6.99. The summed E-state index contributed by atoms with van der Waals surface area (Å²) < 4.78 is 0. The second kappa shape index (κ2) is 5.39. The molecule has 0 radical (unpaired) electrons. The van der Waals surface area contributed by atoms with Crippen molar-refractivity contribution < 1.29 is 0 Å². The minimum absolute atomic E-state index is 0.784. The van der Waals surface area contributed by atoms with Gasteiger partial charge in [-0.1, -0.05) is 35.5 Å². The molecule has 0 aliphatic heterocycles. The fourth-order valence-corrected chi connectivity index (χ4v) is 4.73. The zero-order valence-electron chi connectivity index (χ0n) is 12.5. The van der Waals surface area contributed by atoms with Crippen LogP contribution in [0.1, 0.15) is 64.2 Å². The second-order valence-electron chi connectivity index (χ2n) is 7.02. The molecule has 20 heavy (non-hydrogen) atoms. The smallest absolute Gasteiger partial charge is 0.00139 e. The highest BCUT2D eigenvalue weighted by Crippen LogP contribution is 2.42. The first kappa shape index (κ1) is 12.7. The summed E-state index contributed by atoms with van der Waals surface area (Å²) in [4.78, 5) is 0. The molecule has 0 aromatic heterocycles. The molecule has 0 saturated carbocycles. The molecule has 0 heteroatoms. The molecule has 1 unspecified atom stereocenters. The normalized spacial score (nSPS) is 32.0. The van der Waals surface area contributed by atoms with Gasteiger partial charge < -0.3 is 0 Å². The van der Waals surface area contributed by atoms with Gasteiger partial charge in [0.15, 0.2) is 0 Å². The zero-order valence-corrected chi connectivity index (χ0v) is 12.5. The monoisotopic (exact) mass is 266 g/mol. The Bertz CT molecular complexity index is 464. The molecule has 0 aromatic rings. The molecule has 4 aliphatic carbocycles. The lowest BCUT2D eigenvalue weighted by molar-refractivity contribution is 0.521. The summed E-state index contributed by atoms with van der Waals surface area (Å²) >= 11 is 0. The lowest BCUT2D eigenvalue weighted by Crippen LogP contribution is -2.08. The molecule has 106 valence electrons. The Morgan fingerprint density at radius 2 is 1.10 bits per heavy atom. The van der Waals surface area contributed by atoms with E-state index in [9.17, 15) is 0 Å². The Kier molecular flexibility index (Phi) is 3.42. The number of hydrogen-bond acceptors (Lipinski definition) is 0. The minimum Gasteiger partial charge on any atom is -0.0771 e. The summed E-state index contributed by atoms with van der Waals surface area (Å²) in [6.45, 7) is 0. The first-order valence-corrected chi connectivity index (χ1v) is 8.72. The van der Waals surface area contributed by atoms with Crippen LogP contribution in [0, 0.1) is 11.8 Å². The Morgan fingerprint density at radius 1 is 0.650 bits per heavy atom. The fourth-order valence-electron chi connectivity index (χ4n) is 4.73. The molecule has 0 saturated heterocycles. The molecular weight excluding hydrogens is 240 g/mol. The van der Waals surface area contributed by atoms with E-state index in [-0.39, 0.29) is 0 Å². The summed E-state index contributed by atoms with van der Waals surface area (Å²) in [6, 6.07) is 0. The molecule has 0 amide bonds. The molecule has 2 atom stereocenters. The van der Waals surface area contributed by atoms with E-state index in [0.29, 0.717) is 0 Å². The summed E-state index contributed by atoms with van der Waals surface area (Å²) in [5, 5.41) is 0. The number of hydrogen-bond donors (Lipinski definition) is 0. The molecule has 0 heterocycles. The summed E-state index contributed by atoms with van der Waals surface area (Å²) in [6.07, 6.45) is 23.8. The van der Waals surface area contributed by atoms with Gasteiger partial charge in [-0.05, 0) is 87.2 Å². The first-order valence-electron chi connectivity index (χ1n) is 8.72. The van der Waals surface area contributed by atoms with Crippen LogP contribution in [0.15, 0.2) is 46.6 Å². The molecule has 4 rings (SSSR count). The Morgan fingerprint density at radius 3 is 1.60 bits per heavy atom. The van der Waals surface area contributed by atoms with Crippen LogP contribution < -0.4 is 0 Å². The van der Waals surface area contributed by atoms with Gasteiger partial charge in [0.1, 0.15) is 0 Å². The fraction of sp³-hybridized carbons (Fsp3) is 0.600. The van der Waals surface area contributed by atoms with Crippen LogP contribution in [0.4, 0.5) is 0 Å². The van der Waals surface area contributed by atoms with Crippen LogP contribution in [-0.2, 0) is 0 Å². The van der Waals surface area contributed by atoms with Crippen molar-refractivity contribution in [2.24, 2.45) is 11.8 Å². The highest BCUT2D eigenvalue weighted by Gasteiger charge is 2.26. The predicted molar refractivity (Wildman–Crippen MR) is 85.5 cm³/mol. The van der Waals surface area contributed by atoms with E-state index in [4.69, 9.17) is 0 Å². The average molecular weight is 266 g/mol. The van der Waals surface area contributed by atoms with E-state index < -0.39 is 0 Å². The molecule has 0 N–H and O–H groups in total. The SMILES string of the molecule is C1=CC(CC[C@@H]2C=CC3=C2CCCC3)C2=C1CCCC2. The van der Waals surface area contributed by atoms with E-state index in [0.717, 1.165) is 11.8 Å². The van der Waals surface area contributed by atoms with Crippen molar-refractivity contribution in [3.05, 3.63) is 46.6 Å². The molecule has 0 spiro atoms. The lowest BCUT2D eigenvalue weighted by Gasteiger charge is -2.23. The molecule has 0 nitrogen and oxygen atoms in total. The van der Waals surface area contributed by atoms with E-state index in [2.05, 4.69) is 24.3 Å². The van der Waals surface area contributed by atoms with Gasteiger partial charge in [-0.2, -0.15) is 0 Å². The number of allylic oxidation sites excluding steroid dienone is 8. The van der Waals surface area contributed by atoms with Crippen LogP contribution in [0.25, 0.3) is 0 Å². The minimum atomic E-state index is 0.784. The van der Waals surface area contributed by atoms with Crippen molar-refractivity contribution in [2.75, 3.05) is 0 Å². The maximum atomic E-state index is 2.50. The van der Waals surface area contributed by atoms with Crippen molar-refractivity contribution in [1.82, 2.24) is 0 Å². The standard InChI is InChI=1S/C20H26/c1-3-7-19-15(5-1)9-11-17(19)13-14-18-12-10-16-6-2-4-8-20(16)18/h9-12,17-18H,1-8,13-14H2/t17-,18?/m0/s1. The second-order valence-corrected chi connectivity index (χ2v) is 7.02. The van der Waals surface area contributed by atoms with Gasteiger partial charge in [-0.15, -0.1) is 0 Å². The van der Waals surface area contributed by atoms with Crippen LogP contribution in [0.2, 0.25) is 0 Å². The van der Waals surface area contributed by atoms with Gasteiger partial charge >= 0.3 is 0 Å². The van der Waals surface area contributed by atoms with E-state index >= 15 is 0 Å².